The molecule has 0 aliphatic carbocycles. The number of carboxylic acid groups (broad SMARTS) is 1. The molecule has 0 spiro atoms. The van der Waals surface area contributed by atoms with Crippen LogP contribution in [-0.4, -0.2) is 34.3 Å². The molecule has 0 bridgehead atoms. The Kier molecular flexibility index (Phi) is 10.9. The van der Waals surface area contributed by atoms with Crippen LogP contribution in [0.25, 0.3) is 0 Å². The van der Waals surface area contributed by atoms with Crippen molar-refractivity contribution in [3.8, 4) is 5.75 Å². The third-order valence-corrected chi connectivity index (χ3v) is 6.01. The molecule has 9 heteroatoms. The van der Waals surface area contributed by atoms with Gasteiger partial charge in [-0.05, 0) is 78.6 Å². The summed E-state index contributed by atoms with van der Waals surface area (Å²) in [6.07, 6.45) is -3.00. The number of nitrogens with two attached hydrogens (primary N) is 1. The molecule has 0 saturated heterocycles. The summed E-state index contributed by atoms with van der Waals surface area (Å²) >= 11 is 0. The van der Waals surface area contributed by atoms with Crippen molar-refractivity contribution in [2.24, 2.45) is 5.73 Å². The van der Waals surface area contributed by atoms with E-state index in [0.29, 0.717) is 6.42 Å². The molecule has 3 aromatic carbocycles. The lowest BCUT2D eigenvalue weighted by Gasteiger charge is -2.22. The minimum atomic E-state index is -5.08. The van der Waals surface area contributed by atoms with Crippen LogP contribution < -0.4 is 11.1 Å². The Balaban J connectivity index is 0.000000638. The van der Waals surface area contributed by atoms with Crippen molar-refractivity contribution in [2.45, 2.75) is 58.3 Å². The van der Waals surface area contributed by atoms with Gasteiger partial charge in [0.2, 0.25) is 5.91 Å². The van der Waals surface area contributed by atoms with Crippen molar-refractivity contribution in [1.29, 1.82) is 0 Å². The molecule has 3 aromatic rings. The van der Waals surface area contributed by atoms with E-state index in [1.807, 2.05) is 38.1 Å². The number of nitrogens with one attached hydrogen (secondary N) is 1. The van der Waals surface area contributed by atoms with Crippen LogP contribution in [0.2, 0.25) is 0 Å². The number of carboxylic acids is 1. The molecular weight excluding hydrogens is 497 g/mol. The second-order valence-corrected chi connectivity index (χ2v) is 9.05. The maximum atomic E-state index is 12.9. The molecule has 2 atom stereocenters. The lowest BCUT2D eigenvalue weighted by atomic mass is 9.95. The summed E-state index contributed by atoms with van der Waals surface area (Å²) < 4.78 is 31.7. The van der Waals surface area contributed by atoms with E-state index in [0.717, 1.165) is 35.1 Å². The van der Waals surface area contributed by atoms with Crippen LogP contribution in [0.5, 0.6) is 5.75 Å². The van der Waals surface area contributed by atoms with Crippen LogP contribution in [0.1, 0.15) is 52.8 Å². The number of carbonyl (C=O) groups is 2. The Hall–Kier alpha value is -3.85. The van der Waals surface area contributed by atoms with E-state index in [-0.39, 0.29) is 17.7 Å². The van der Waals surface area contributed by atoms with Gasteiger partial charge in [-0.2, -0.15) is 13.2 Å². The van der Waals surface area contributed by atoms with Gasteiger partial charge in [0, 0.05) is 0 Å². The molecule has 0 saturated carbocycles. The summed E-state index contributed by atoms with van der Waals surface area (Å²) in [4.78, 5) is 21.8. The maximum Gasteiger partial charge on any atom is 0.490 e. The Labute approximate surface area is 220 Å². The molecule has 0 aliphatic rings. The summed E-state index contributed by atoms with van der Waals surface area (Å²) in [5.74, 6) is -2.68. The standard InChI is InChI=1S/C27H32N2O2.C2HF3O2/c1-4-26(22-12-8-11-21(16-22)15-20-9-6-5-7-10-20)29-27(31)25(28)17-24-18(2)13-23(30)14-19(24)3;3-2(4,5)1(6)7/h5-14,16,25-26,30H,4,15,17,28H2,1-3H3,(H,29,31);(H,6,7)/t25-,26+;/m0./s1. The lowest BCUT2D eigenvalue weighted by Crippen LogP contribution is -2.43. The van der Waals surface area contributed by atoms with Gasteiger partial charge in [0.15, 0.2) is 0 Å². The number of aryl methyl sites for hydroxylation is 2. The number of benzene rings is 3. The molecule has 6 nitrogen and oxygen atoms in total. The van der Waals surface area contributed by atoms with E-state index in [2.05, 4.69) is 42.6 Å². The molecule has 5 N–H and O–H groups in total. The van der Waals surface area contributed by atoms with Gasteiger partial charge < -0.3 is 21.3 Å². The number of rotatable bonds is 8. The minimum Gasteiger partial charge on any atom is -0.508 e. The number of alkyl halides is 3. The summed E-state index contributed by atoms with van der Waals surface area (Å²) in [6, 6.07) is 21.4. The number of carbonyl (C=O) groups excluding carboxylic acids is 1. The predicted molar refractivity (Wildman–Crippen MR) is 140 cm³/mol. The van der Waals surface area contributed by atoms with Crippen LogP contribution in [0.4, 0.5) is 13.2 Å². The molecular formula is C29H33F3N2O4. The molecule has 1 amide bonds. The first-order chi connectivity index (χ1) is 17.8. The van der Waals surface area contributed by atoms with Crippen LogP contribution in [0.3, 0.4) is 0 Å². The summed E-state index contributed by atoms with van der Waals surface area (Å²) in [5.41, 5.74) is 12.7. The van der Waals surface area contributed by atoms with Gasteiger partial charge in [-0.25, -0.2) is 4.79 Å². The Morgan fingerprint density at radius 1 is 0.947 bits per heavy atom. The second kappa shape index (κ2) is 13.6. The molecule has 0 fully saturated rings. The van der Waals surface area contributed by atoms with Gasteiger partial charge in [-0.3, -0.25) is 4.79 Å². The Bertz CT molecular complexity index is 1210. The summed E-state index contributed by atoms with van der Waals surface area (Å²) in [5, 5.41) is 20.0. The van der Waals surface area contributed by atoms with Crippen molar-refractivity contribution in [3.63, 3.8) is 0 Å². The molecule has 3 rings (SSSR count). The fourth-order valence-electron chi connectivity index (χ4n) is 4.06. The van der Waals surface area contributed by atoms with Gasteiger partial charge in [-0.1, -0.05) is 61.5 Å². The first-order valence-electron chi connectivity index (χ1n) is 12.1. The minimum absolute atomic E-state index is 0.0868. The molecule has 204 valence electrons. The van der Waals surface area contributed by atoms with Gasteiger partial charge in [0.05, 0.1) is 12.1 Å². The Morgan fingerprint density at radius 3 is 2.03 bits per heavy atom. The molecule has 0 heterocycles. The monoisotopic (exact) mass is 530 g/mol. The number of aromatic hydroxyl groups is 1. The largest absolute Gasteiger partial charge is 0.508 e. The van der Waals surface area contributed by atoms with Crippen molar-refractivity contribution in [1.82, 2.24) is 5.32 Å². The zero-order chi connectivity index (χ0) is 28.5. The zero-order valence-electron chi connectivity index (χ0n) is 21.5. The molecule has 0 unspecified atom stereocenters. The van der Waals surface area contributed by atoms with E-state index in [1.54, 1.807) is 12.1 Å². The Morgan fingerprint density at radius 2 is 1.50 bits per heavy atom. The predicted octanol–water partition coefficient (Wildman–Crippen LogP) is 5.37. The number of hydrogen-bond acceptors (Lipinski definition) is 4. The fourth-order valence-corrected chi connectivity index (χ4v) is 4.06. The van der Waals surface area contributed by atoms with Crippen LogP contribution in [0.15, 0.2) is 66.7 Å². The van der Waals surface area contributed by atoms with Crippen LogP contribution >= 0.6 is 0 Å². The van der Waals surface area contributed by atoms with Crippen LogP contribution in [-0.2, 0) is 22.4 Å². The highest BCUT2D eigenvalue weighted by Crippen LogP contribution is 2.23. The highest BCUT2D eigenvalue weighted by molar-refractivity contribution is 5.82. The molecule has 38 heavy (non-hydrogen) atoms. The number of amides is 1. The highest BCUT2D eigenvalue weighted by Gasteiger charge is 2.38. The van der Waals surface area contributed by atoms with E-state index < -0.39 is 18.2 Å². The zero-order valence-corrected chi connectivity index (χ0v) is 21.5. The topological polar surface area (TPSA) is 113 Å². The van der Waals surface area contributed by atoms with E-state index >= 15 is 0 Å². The van der Waals surface area contributed by atoms with Gasteiger partial charge >= 0.3 is 12.1 Å². The maximum absolute atomic E-state index is 12.9. The van der Waals surface area contributed by atoms with Gasteiger partial charge in [0.1, 0.15) is 5.75 Å². The van der Waals surface area contributed by atoms with Crippen molar-refractivity contribution >= 4 is 11.9 Å². The van der Waals surface area contributed by atoms with Crippen molar-refractivity contribution in [3.05, 3.63) is 100 Å². The van der Waals surface area contributed by atoms with E-state index in [9.17, 15) is 23.1 Å². The number of aliphatic carboxylic acids is 1. The molecule has 0 radical (unpaired) electrons. The fraction of sp³-hybridized carbons (Fsp3) is 0.310. The highest BCUT2D eigenvalue weighted by atomic mass is 19.4. The van der Waals surface area contributed by atoms with E-state index in [1.165, 1.54) is 11.1 Å². The van der Waals surface area contributed by atoms with Gasteiger partial charge in [0.25, 0.3) is 0 Å². The summed E-state index contributed by atoms with van der Waals surface area (Å²) in [6.45, 7) is 5.92. The third-order valence-electron chi connectivity index (χ3n) is 6.01. The third kappa shape index (κ3) is 9.23. The quantitative estimate of drug-likeness (QED) is 0.313. The van der Waals surface area contributed by atoms with Crippen molar-refractivity contribution < 1.29 is 33.0 Å². The number of phenols is 1. The van der Waals surface area contributed by atoms with Crippen molar-refractivity contribution in [2.75, 3.05) is 0 Å². The molecule has 0 aliphatic heterocycles. The molecule has 0 aromatic heterocycles. The summed E-state index contributed by atoms with van der Waals surface area (Å²) in [7, 11) is 0. The normalized spacial score (nSPS) is 12.6. The first-order valence-corrected chi connectivity index (χ1v) is 12.1. The number of phenolic OH excluding ortho intramolecular Hbond substituents is 1. The lowest BCUT2D eigenvalue weighted by molar-refractivity contribution is -0.192. The second-order valence-electron chi connectivity index (χ2n) is 9.05. The smallest absolute Gasteiger partial charge is 0.490 e. The first kappa shape index (κ1) is 30.4. The SMILES string of the molecule is CC[C@@H](NC(=O)[C@@H](N)Cc1c(C)cc(O)cc1C)c1cccc(Cc2ccccc2)c1.O=C(O)C(F)(F)F. The van der Waals surface area contributed by atoms with Crippen LogP contribution in [0, 0.1) is 13.8 Å². The average Bonchev–Trinajstić information content (AvgIpc) is 2.85. The van der Waals surface area contributed by atoms with E-state index in [4.69, 9.17) is 15.6 Å². The van der Waals surface area contributed by atoms with Gasteiger partial charge in [-0.15, -0.1) is 0 Å². The average molecular weight is 531 g/mol. The number of hydrogen-bond donors (Lipinski definition) is 4. The number of halogens is 3.